The highest BCUT2D eigenvalue weighted by Crippen LogP contribution is 2.37. The molecule has 0 saturated heterocycles. The van der Waals surface area contributed by atoms with Crippen LogP contribution in [0.4, 0.5) is 15.8 Å². The zero-order chi connectivity index (χ0) is 30.0. The number of aromatic nitrogens is 5. The van der Waals surface area contributed by atoms with Crippen LogP contribution in [-0.4, -0.2) is 69.8 Å². The summed E-state index contributed by atoms with van der Waals surface area (Å²) < 4.78 is 25.6. The van der Waals surface area contributed by atoms with E-state index in [1.54, 1.807) is 29.2 Å². The Morgan fingerprint density at radius 2 is 1.86 bits per heavy atom. The molecule has 0 spiro atoms. The quantitative estimate of drug-likeness (QED) is 0.139. The lowest BCUT2D eigenvalue weighted by Gasteiger charge is -2.16. The molecule has 0 unspecified atom stereocenters. The van der Waals surface area contributed by atoms with Crippen LogP contribution in [0.25, 0.3) is 11.4 Å². The minimum atomic E-state index is -0.786. The number of hydroxylamine groups is 1. The van der Waals surface area contributed by atoms with Crippen LogP contribution in [0, 0.1) is 0 Å². The molecule has 0 bridgehead atoms. The van der Waals surface area contributed by atoms with E-state index in [9.17, 15) is 14.0 Å². The lowest BCUT2D eigenvalue weighted by Crippen LogP contribution is -2.29. The Morgan fingerprint density at radius 1 is 1.02 bits per heavy atom. The summed E-state index contributed by atoms with van der Waals surface area (Å²) in [5.74, 6) is -0.385. The molecule has 2 aromatic carbocycles. The van der Waals surface area contributed by atoms with Crippen LogP contribution in [0.15, 0.2) is 60.9 Å². The zero-order valence-corrected chi connectivity index (χ0v) is 23.5. The van der Waals surface area contributed by atoms with E-state index in [-0.39, 0.29) is 29.7 Å². The minimum Gasteiger partial charge on any atom is -0.494 e. The van der Waals surface area contributed by atoms with E-state index < -0.39 is 18.5 Å². The predicted octanol–water partition coefficient (Wildman–Crippen LogP) is 3.23. The van der Waals surface area contributed by atoms with Crippen molar-refractivity contribution in [2.24, 2.45) is 0 Å². The van der Waals surface area contributed by atoms with E-state index in [2.05, 4.69) is 36.4 Å². The third-order valence-electron chi connectivity index (χ3n) is 6.34. The molecule has 5 rings (SSSR count). The van der Waals surface area contributed by atoms with E-state index in [0.717, 1.165) is 18.4 Å². The number of methoxy groups -OCH3 is 1. The average Bonchev–Trinajstić information content (AvgIpc) is 3.72. The molecular formula is C29H31FN8O5. The first-order chi connectivity index (χ1) is 21.1. The normalized spacial score (nSPS) is 12.5. The van der Waals surface area contributed by atoms with E-state index in [4.69, 9.17) is 14.3 Å². The Balaban J connectivity index is 1.34. The van der Waals surface area contributed by atoms with Gasteiger partial charge in [0.15, 0.2) is 23.0 Å². The van der Waals surface area contributed by atoms with Crippen molar-refractivity contribution >= 4 is 23.2 Å². The van der Waals surface area contributed by atoms with Gasteiger partial charge in [-0.2, -0.15) is 5.10 Å². The number of anilines is 2. The van der Waals surface area contributed by atoms with E-state index >= 15 is 0 Å². The van der Waals surface area contributed by atoms with Crippen LogP contribution < -0.4 is 20.9 Å². The fourth-order valence-corrected chi connectivity index (χ4v) is 4.08. The molecule has 0 radical (unpaired) electrons. The highest BCUT2D eigenvalue weighted by atomic mass is 19.1. The van der Waals surface area contributed by atoms with Crippen molar-refractivity contribution in [3.8, 4) is 17.1 Å². The summed E-state index contributed by atoms with van der Waals surface area (Å²) in [6, 6.07) is 16.7. The molecule has 1 aliphatic rings. The topological polar surface area (TPSA) is 154 Å². The second-order valence-electron chi connectivity index (χ2n) is 9.59. The Kier molecular flexibility index (Phi) is 9.82. The van der Waals surface area contributed by atoms with E-state index in [1.807, 2.05) is 30.3 Å². The number of benzene rings is 2. The smallest absolute Gasteiger partial charge is 0.297 e. The fraction of sp³-hybridized carbons (Fsp3) is 0.310. The Morgan fingerprint density at radius 3 is 2.63 bits per heavy atom. The molecule has 1 fully saturated rings. The largest absolute Gasteiger partial charge is 0.494 e. The van der Waals surface area contributed by atoms with Crippen molar-refractivity contribution < 1.29 is 28.3 Å². The molecule has 2 aromatic heterocycles. The van der Waals surface area contributed by atoms with Crippen LogP contribution in [0.1, 0.15) is 39.4 Å². The molecule has 43 heavy (non-hydrogen) atoms. The third-order valence-corrected chi connectivity index (χ3v) is 6.34. The summed E-state index contributed by atoms with van der Waals surface area (Å²) in [6.07, 6.45) is 3.40. The molecule has 13 nitrogen and oxygen atoms in total. The minimum absolute atomic E-state index is 0.0145. The van der Waals surface area contributed by atoms with Crippen LogP contribution in [-0.2, 0) is 22.7 Å². The number of para-hydroxylation sites is 1. The summed E-state index contributed by atoms with van der Waals surface area (Å²) in [6.45, 7) is 0.323. The van der Waals surface area contributed by atoms with Gasteiger partial charge in [-0.05, 0) is 36.6 Å². The van der Waals surface area contributed by atoms with Gasteiger partial charge in [-0.15, -0.1) is 10.2 Å². The van der Waals surface area contributed by atoms with Gasteiger partial charge in [-0.1, -0.05) is 36.4 Å². The molecular weight excluding hydrogens is 559 g/mol. The summed E-state index contributed by atoms with van der Waals surface area (Å²) in [7, 11) is 1.50. The number of nitrogens with one attached hydrogen (secondary N) is 3. The molecule has 1 saturated carbocycles. The van der Waals surface area contributed by atoms with Crippen molar-refractivity contribution in [1.82, 2.24) is 35.8 Å². The number of halogens is 1. The number of hydrogen-bond acceptors (Lipinski definition) is 10. The van der Waals surface area contributed by atoms with E-state index in [1.165, 1.54) is 13.2 Å². The Labute approximate surface area is 246 Å². The lowest BCUT2D eigenvalue weighted by molar-refractivity contribution is 0.0260. The summed E-state index contributed by atoms with van der Waals surface area (Å²) in [4.78, 5) is 34.7. The standard InChI is InChI=1S/C29H31FN8O5/c1-41-26-21(27-31-18-38(36-27)13-15-42-17-19-6-3-2-4-7-19)8-5-9-22(26)33-23-16-24(28(39)32-20-10-11-20)34-35-25(23)29(40)37-43-14-12-30/h2-9,16,18,20H,10-15,17H2,1H3,(H,32,39)(H,33,34)(H,37,40). The van der Waals surface area contributed by atoms with Gasteiger partial charge in [-0.25, -0.2) is 14.9 Å². The van der Waals surface area contributed by atoms with Crippen molar-refractivity contribution in [2.45, 2.75) is 32.0 Å². The van der Waals surface area contributed by atoms with Crippen molar-refractivity contribution in [2.75, 3.05) is 32.3 Å². The molecule has 0 aliphatic heterocycles. The number of rotatable bonds is 15. The predicted molar refractivity (Wildman–Crippen MR) is 153 cm³/mol. The molecule has 1 aliphatic carbocycles. The number of carbonyl (C=O) groups is 2. The summed E-state index contributed by atoms with van der Waals surface area (Å²) in [5, 5.41) is 18.4. The average molecular weight is 591 g/mol. The number of ether oxygens (including phenoxy) is 2. The maximum Gasteiger partial charge on any atom is 0.297 e. The number of carbonyl (C=O) groups excluding carboxylic acids is 2. The van der Waals surface area contributed by atoms with Crippen molar-refractivity contribution in [3.63, 3.8) is 0 Å². The van der Waals surface area contributed by atoms with Gasteiger partial charge in [0, 0.05) is 6.04 Å². The molecule has 224 valence electrons. The van der Waals surface area contributed by atoms with Gasteiger partial charge in [0.2, 0.25) is 0 Å². The highest BCUT2D eigenvalue weighted by Gasteiger charge is 2.26. The second kappa shape index (κ2) is 14.3. The monoisotopic (exact) mass is 590 g/mol. The van der Waals surface area contributed by atoms with E-state index in [0.29, 0.717) is 42.6 Å². The first-order valence-corrected chi connectivity index (χ1v) is 13.7. The fourth-order valence-electron chi connectivity index (χ4n) is 4.08. The molecule has 4 aromatic rings. The SMILES string of the molecule is COc1c(Nc2cc(C(=O)NC3CC3)nnc2C(=O)NOCCF)cccc1-c1ncn(CCOCc2ccccc2)n1. The highest BCUT2D eigenvalue weighted by molar-refractivity contribution is 6.00. The molecule has 3 N–H and O–H groups in total. The summed E-state index contributed by atoms with van der Waals surface area (Å²) >= 11 is 0. The second-order valence-corrected chi connectivity index (χ2v) is 9.59. The number of amides is 2. The maximum absolute atomic E-state index is 12.8. The third kappa shape index (κ3) is 7.87. The number of alkyl halides is 1. The Hall–Kier alpha value is -4.95. The molecule has 2 amide bonds. The van der Waals surface area contributed by atoms with Crippen LogP contribution in [0.5, 0.6) is 5.75 Å². The lowest BCUT2D eigenvalue weighted by atomic mass is 10.1. The van der Waals surface area contributed by atoms with Crippen LogP contribution >= 0.6 is 0 Å². The number of nitrogens with zero attached hydrogens (tertiary/aromatic N) is 5. The number of hydrogen-bond donors (Lipinski definition) is 3. The van der Waals surface area contributed by atoms with Gasteiger partial charge >= 0.3 is 0 Å². The first-order valence-electron chi connectivity index (χ1n) is 13.7. The van der Waals surface area contributed by atoms with Crippen LogP contribution in [0.2, 0.25) is 0 Å². The van der Waals surface area contributed by atoms with Gasteiger partial charge < -0.3 is 20.1 Å². The van der Waals surface area contributed by atoms with Gasteiger partial charge in [0.05, 0.1) is 43.8 Å². The molecule has 0 atom stereocenters. The van der Waals surface area contributed by atoms with Crippen molar-refractivity contribution in [3.05, 3.63) is 77.9 Å². The van der Waals surface area contributed by atoms with Crippen LogP contribution in [0.3, 0.4) is 0 Å². The van der Waals surface area contributed by atoms with Gasteiger partial charge in [-0.3, -0.25) is 19.1 Å². The van der Waals surface area contributed by atoms with Crippen molar-refractivity contribution in [1.29, 1.82) is 0 Å². The van der Waals surface area contributed by atoms with Gasteiger partial charge in [0.25, 0.3) is 11.8 Å². The van der Waals surface area contributed by atoms with Gasteiger partial charge in [0.1, 0.15) is 19.6 Å². The molecule has 2 heterocycles. The first kappa shape index (κ1) is 29.5. The maximum atomic E-state index is 12.8. The zero-order valence-electron chi connectivity index (χ0n) is 23.5. The summed E-state index contributed by atoms with van der Waals surface area (Å²) in [5.41, 5.74) is 4.24. The Bertz CT molecular complexity index is 1550. The molecule has 14 heteroatoms.